The van der Waals surface area contributed by atoms with E-state index in [0.29, 0.717) is 0 Å². The molecule has 0 aliphatic heterocycles. The van der Waals surface area contributed by atoms with E-state index in [9.17, 15) is 14.0 Å². The first kappa shape index (κ1) is 23.1. The number of rotatable bonds is 8. The quantitative estimate of drug-likeness (QED) is 0.257. The van der Waals surface area contributed by atoms with Crippen molar-refractivity contribution < 1.29 is 28.6 Å². The molecule has 6 nitrogen and oxygen atoms in total. The molecular formula is C18H25ClFNO5Si. The van der Waals surface area contributed by atoms with Gasteiger partial charge in [-0.2, -0.15) is 0 Å². The van der Waals surface area contributed by atoms with Crippen molar-refractivity contribution in [2.45, 2.75) is 46.4 Å². The van der Waals surface area contributed by atoms with Gasteiger partial charge in [-0.3, -0.25) is 0 Å². The minimum absolute atomic E-state index is 0.0781. The fourth-order valence-electron chi connectivity index (χ4n) is 2.36. The lowest BCUT2D eigenvalue weighted by atomic mass is 9.85. The molecule has 0 amide bonds. The third-order valence-corrected chi connectivity index (χ3v) is 4.99. The molecule has 0 saturated heterocycles. The van der Waals surface area contributed by atoms with Crippen LogP contribution in [0.5, 0.6) is 0 Å². The number of anilines is 1. The Hall–Kier alpha value is -1.90. The Morgan fingerprint density at radius 2 is 1.85 bits per heavy atom. The third kappa shape index (κ3) is 6.64. The molecule has 0 aliphatic carbocycles. The first-order valence-electron chi connectivity index (χ1n) is 8.40. The van der Waals surface area contributed by atoms with E-state index < -0.39 is 32.4 Å². The monoisotopic (exact) mass is 417 g/mol. The summed E-state index contributed by atoms with van der Waals surface area (Å²) >= 11 is 5.91. The average Bonchev–Trinajstić information content (AvgIpc) is 2.50. The maximum Gasteiger partial charge on any atom is 0.344 e. The Balaban J connectivity index is 3.33. The molecule has 9 heteroatoms. The van der Waals surface area contributed by atoms with E-state index >= 15 is 0 Å². The van der Waals surface area contributed by atoms with Crippen molar-refractivity contribution in [2.75, 3.05) is 5.32 Å². The summed E-state index contributed by atoms with van der Waals surface area (Å²) < 4.78 is 20.8. The summed E-state index contributed by atoms with van der Waals surface area (Å²) in [4.78, 5) is 22.0. The number of hydrogen-bond acceptors (Lipinski definition) is 4. The number of nitrogens with one attached hydrogen (secondary N) is 1. The fourth-order valence-corrected chi connectivity index (χ4v) is 3.70. The van der Waals surface area contributed by atoms with E-state index in [2.05, 4.69) is 5.32 Å². The van der Waals surface area contributed by atoms with Gasteiger partial charge < -0.3 is 20.0 Å². The Morgan fingerprint density at radius 3 is 2.30 bits per heavy atom. The van der Waals surface area contributed by atoms with Crippen LogP contribution in [0.25, 0.3) is 0 Å². The second-order valence-electron chi connectivity index (χ2n) is 7.44. The molecule has 1 rings (SSSR count). The molecule has 1 aromatic rings. The number of hydrogen-bond donors (Lipinski definition) is 3. The predicted octanol–water partition coefficient (Wildman–Crippen LogP) is 3.90. The molecule has 1 atom stereocenters. The number of halogens is 2. The van der Waals surface area contributed by atoms with Crippen LogP contribution in [0.2, 0.25) is 18.1 Å². The van der Waals surface area contributed by atoms with Crippen molar-refractivity contribution in [2.24, 2.45) is 5.41 Å². The summed E-state index contributed by atoms with van der Waals surface area (Å²) in [5.41, 5.74) is -0.690. The second kappa shape index (κ2) is 9.34. The molecule has 0 saturated carbocycles. The van der Waals surface area contributed by atoms with Gasteiger partial charge in [-0.05, 0) is 30.6 Å². The van der Waals surface area contributed by atoms with Crippen molar-refractivity contribution in [3.63, 3.8) is 0 Å². The van der Waals surface area contributed by atoms with E-state index in [1.54, 1.807) is 0 Å². The maximum absolute atomic E-state index is 14.7. The van der Waals surface area contributed by atoms with Crippen molar-refractivity contribution in [3.05, 3.63) is 40.3 Å². The lowest BCUT2D eigenvalue weighted by Crippen LogP contribution is -2.35. The average molecular weight is 418 g/mol. The van der Waals surface area contributed by atoms with E-state index in [-0.39, 0.29) is 34.2 Å². The topological polar surface area (TPSA) is 95.9 Å². The lowest BCUT2D eigenvalue weighted by Gasteiger charge is -2.33. The maximum atomic E-state index is 14.7. The fraction of sp³-hybridized carbons (Fsp3) is 0.444. The van der Waals surface area contributed by atoms with Crippen LogP contribution in [0.4, 0.5) is 10.1 Å². The van der Waals surface area contributed by atoms with Gasteiger partial charge in [0.05, 0.1) is 11.1 Å². The molecule has 0 aliphatic rings. The van der Waals surface area contributed by atoms with Gasteiger partial charge in [-0.25, -0.2) is 14.0 Å². The van der Waals surface area contributed by atoms with Crippen LogP contribution in [0.1, 0.15) is 26.3 Å². The van der Waals surface area contributed by atoms with Gasteiger partial charge in [0.15, 0.2) is 14.6 Å². The molecule has 0 spiro atoms. The van der Waals surface area contributed by atoms with Crippen LogP contribution in [0.15, 0.2) is 23.9 Å². The molecule has 0 heterocycles. The van der Waals surface area contributed by atoms with Crippen LogP contribution in [0.3, 0.4) is 0 Å². The van der Waals surface area contributed by atoms with Crippen LogP contribution in [-0.2, 0) is 20.4 Å². The second-order valence-corrected chi connectivity index (χ2v) is 10.2. The highest BCUT2D eigenvalue weighted by Gasteiger charge is 2.29. The first-order chi connectivity index (χ1) is 12.3. The molecule has 150 valence electrons. The van der Waals surface area contributed by atoms with Gasteiger partial charge in [-0.1, -0.05) is 32.4 Å². The number of benzene rings is 1. The van der Waals surface area contributed by atoms with Gasteiger partial charge in [0.2, 0.25) is 0 Å². The van der Waals surface area contributed by atoms with Gasteiger partial charge in [-0.15, -0.1) is 0 Å². The Bertz CT molecular complexity index is 730. The largest absolute Gasteiger partial charge is 0.477 e. The number of carboxylic acids is 2. The van der Waals surface area contributed by atoms with Gasteiger partial charge in [0.1, 0.15) is 5.82 Å². The molecule has 0 radical (unpaired) electrons. The highest BCUT2D eigenvalue weighted by molar-refractivity contribution is 6.48. The molecule has 0 bridgehead atoms. The number of carboxylic acid groups (broad SMARTS) is 2. The van der Waals surface area contributed by atoms with Crippen LogP contribution in [-0.4, -0.2) is 37.3 Å². The third-order valence-electron chi connectivity index (χ3n) is 3.82. The summed E-state index contributed by atoms with van der Waals surface area (Å²) in [6.07, 6.45) is 0.730. The lowest BCUT2D eigenvalue weighted by molar-refractivity contribution is -0.140. The molecular weight excluding hydrogens is 393 g/mol. The van der Waals surface area contributed by atoms with E-state index in [1.807, 2.05) is 33.9 Å². The van der Waals surface area contributed by atoms with Crippen LogP contribution < -0.4 is 5.32 Å². The molecule has 3 N–H and O–H groups in total. The van der Waals surface area contributed by atoms with Crippen LogP contribution >= 0.6 is 11.6 Å². The molecule has 0 aromatic heterocycles. The zero-order valence-electron chi connectivity index (χ0n) is 16.0. The zero-order chi connectivity index (χ0) is 20.9. The van der Waals surface area contributed by atoms with Crippen molar-refractivity contribution in [3.8, 4) is 0 Å². The molecule has 27 heavy (non-hydrogen) atoms. The summed E-state index contributed by atoms with van der Waals surface area (Å²) in [6.45, 7) is 9.98. The molecule has 1 aromatic carbocycles. The number of aliphatic carboxylic acids is 2. The smallest absolute Gasteiger partial charge is 0.344 e. The van der Waals surface area contributed by atoms with Gasteiger partial charge in [0.25, 0.3) is 0 Å². The summed E-state index contributed by atoms with van der Waals surface area (Å²) in [5, 5.41) is 20.4. The van der Waals surface area contributed by atoms with E-state index in [0.717, 1.165) is 6.20 Å². The van der Waals surface area contributed by atoms with E-state index in [1.165, 1.54) is 12.1 Å². The summed E-state index contributed by atoms with van der Waals surface area (Å²) in [7, 11) is -1.42. The first-order valence-corrected chi connectivity index (χ1v) is 11.6. The van der Waals surface area contributed by atoms with Gasteiger partial charge >= 0.3 is 11.9 Å². The molecule has 1 unspecified atom stereocenters. The van der Waals surface area contributed by atoms with Crippen molar-refractivity contribution >= 4 is 38.3 Å². The minimum Gasteiger partial charge on any atom is -0.477 e. The van der Waals surface area contributed by atoms with Crippen molar-refractivity contribution in [1.82, 2.24) is 0 Å². The van der Waals surface area contributed by atoms with Crippen molar-refractivity contribution in [1.29, 1.82) is 0 Å². The normalized spacial score (nSPS) is 12.6. The summed E-state index contributed by atoms with van der Waals surface area (Å²) in [5.74, 6) is -3.86. The predicted molar refractivity (Wildman–Crippen MR) is 105 cm³/mol. The standard InChI is InChI=1S/C18H25ClFNO5Si/c1-18(2,3)14(26-27(4)5)8-10-13(7-6-12(19)15(10)20)21-9-11(16(22)23)17(24)25/h6-7,9,14,21,27H,8H2,1-5H3,(H,22,23)(H,24,25). The highest BCUT2D eigenvalue weighted by atomic mass is 35.5. The SMILES string of the molecule is C[SiH](C)OC(Cc1c(NC=C(C(=O)O)C(=O)O)ccc(Cl)c1F)C(C)(C)C. The Morgan fingerprint density at radius 1 is 1.30 bits per heavy atom. The number of carbonyl (C=O) groups is 2. The highest BCUT2D eigenvalue weighted by Crippen LogP contribution is 2.32. The Labute approximate surface area is 164 Å². The van der Waals surface area contributed by atoms with E-state index in [4.69, 9.17) is 26.2 Å². The zero-order valence-corrected chi connectivity index (χ0v) is 17.9. The minimum atomic E-state index is -1.60. The van der Waals surface area contributed by atoms with Gasteiger partial charge in [0, 0.05) is 23.9 Å². The Kier molecular flexibility index (Phi) is 8.00. The summed E-state index contributed by atoms with van der Waals surface area (Å²) in [6, 6.07) is 2.80. The molecule has 0 fully saturated rings. The van der Waals surface area contributed by atoms with Crippen LogP contribution in [0, 0.1) is 11.2 Å².